The highest BCUT2D eigenvalue weighted by atomic mass is 32.2. The van der Waals surface area contributed by atoms with E-state index in [0.717, 1.165) is 11.1 Å². The molecule has 6 nitrogen and oxygen atoms in total. The lowest BCUT2D eigenvalue weighted by molar-refractivity contribution is -0.113. The minimum atomic E-state index is -3.66. The van der Waals surface area contributed by atoms with Crippen LogP contribution in [0.1, 0.15) is 23.3 Å². The van der Waals surface area contributed by atoms with Crippen molar-refractivity contribution in [3.63, 3.8) is 0 Å². The maximum atomic E-state index is 12.6. The molecule has 0 aromatic heterocycles. The van der Waals surface area contributed by atoms with Crippen molar-refractivity contribution >= 4 is 33.4 Å². The molecule has 1 unspecified atom stereocenters. The van der Waals surface area contributed by atoms with Gasteiger partial charge in [0.2, 0.25) is 15.9 Å². The minimum absolute atomic E-state index is 0.0332. The van der Waals surface area contributed by atoms with Gasteiger partial charge >= 0.3 is 0 Å². The van der Waals surface area contributed by atoms with Gasteiger partial charge in [0.25, 0.3) is 0 Å². The summed E-state index contributed by atoms with van der Waals surface area (Å²) in [6.07, 6.45) is 0. The van der Waals surface area contributed by atoms with E-state index < -0.39 is 10.0 Å². The number of benzene rings is 3. The van der Waals surface area contributed by atoms with Crippen LogP contribution < -0.4 is 10.0 Å². The van der Waals surface area contributed by atoms with Gasteiger partial charge in [-0.1, -0.05) is 60.7 Å². The Bertz CT molecular complexity index is 1080. The number of nitrogens with one attached hydrogen (secondary N) is 2. The molecule has 2 N–H and O–H groups in total. The van der Waals surface area contributed by atoms with Gasteiger partial charge in [0.15, 0.2) is 0 Å². The molecule has 33 heavy (non-hydrogen) atoms. The molecule has 3 rings (SSSR count). The van der Waals surface area contributed by atoms with E-state index in [9.17, 15) is 13.2 Å². The highest BCUT2D eigenvalue weighted by molar-refractivity contribution is 8.00. The van der Waals surface area contributed by atoms with Crippen LogP contribution in [-0.2, 0) is 19.6 Å². The summed E-state index contributed by atoms with van der Waals surface area (Å²) >= 11 is 1.54. The number of methoxy groups -OCH3 is 1. The number of thioether (sulfide) groups is 1. The number of sulfonamides is 1. The molecule has 3 aromatic carbocycles. The fraction of sp³-hybridized carbons (Fsp3) is 0.240. The van der Waals surface area contributed by atoms with Gasteiger partial charge in [-0.15, -0.1) is 11.8 Å². The van der Waals surface area contributed by atoms with Crippen LogP contribution in [0.15, 0.2) is 89.8 Å². The number of hydrogen-bond acceptors (Lipinski definition) is 5. The molecule has 0 bridgehead atoms. The van der Waals surface area contributed by atoms with Crippen LogP contribution in [0, 0.1) is 0 Å². The van der Waals surface area contributed by atoms with Crippen molar-refractivity contribution in [3.8, 4) is 0 Å². The molecule has 8 heteroatoms. The van der Waals surface area contributed by atoms with Crippen molar-refractivity contribution < 1.29 is 17.9 Å². The fourth-order valence-corrected chi connectivity index (χ4v) is 5.65. The van der Waals surface area contributed by atoms with E-state index in [1.165, 1.54) is 19.2 Å². The van der Waals surface area contributed by atoms with Gasteiger partial charge < -0.3 is 10.1 Å². The SMILES string of the molecule is COCC(C)NS(=O)(=O)c1ccc(NC(=O)CSC(c2ccccc2)c2ccccc2)cc1. The van der Waals surface area contributed by atoms with Gasteiger partial charge in [-0.2, -0.15) is 0 Å². The summed E-state index contributed by atoms with van der Waals surface area (Å²) in [4.78, 5) is 12.7. The molecule has 3 aromatic rings. The van der Waals surface area contributed by atoms with Crippen LogP contribution in [0.5, 0.6) is 0 Å². The normalized spacial score (nSPS) is 12.5. The molecular formula is C25H28N2O4S2. The smallest absolute Gasteiger partial charge is 0.240 e. The third-order valence-corrected chi connectivity index (χ3v) is 7.72. The highest BCUT2D eigenvalue weighted by Crippen LogP contribution is 2.35. The summed E-state index contributed by atoms with van der Waals surface area (Å²) < 4.78 is 32.4. The summed E-state index contributed by atoms with van der Waals surface area (Å²) in [6, 6.07) is 25.9. The van der Waals surface area contributed by atoms with E-state index >= 15 is 0 Å². The van der Waals surface area contributed by atoms with Crippen LogP contribution in [0.4, 0.5) is 5.69 Å². The Hall–Kier alpha value is -2.65. The van der Waals surface area contributed by atoms with Gasteiger partial charge in [-0.05, 0) is 42.3 Å². The van der Waals surface area contributed by atoms with Gasteiger partial charge in [0, 0.05) is 18.8 Å². The summed E-state index contributed by atoms with van der Waals surface area (Å²) in [6.45, 7) is 2.00. The van der Waals surface area contributed by atoms with E-state index in [4.69, 9.17) is 4.74 Å². The van der Waals surface area contributed by atoms with Crippen molar-refractivity contribution in [3.05, 3.63) is 96.1 Å². The zero-order chi connectivity index (χ0) is 23.7. The number of rotatable bonds is 11. The molecule has 0 aliphatic carbocycles. The third-order valence-electron chi connectivity index (χ3n) is 4.81. The third kappa shape index (κ3) is 7.43. The predicted molar refractivity (Wildman–Crippen MR) is 134 cm³/mol. The Morgan fingerprint density at radius 2 is 1.45 bits per heavy atom. The van der Waals surface area contributed by atoms with Crippen molar-refractivity contribution in [2.75, 3.05) is 24.8 Å². The second-order valence-electron chi connectivity index (χ2n) is 7.56. The predicted octanol–water partition coefficient (Wildman–Crippen LogP) is 4.46. The largest absolute Gasteiger partial charge is 0.383 e. The molecule has 1 amide bonds. The molecule has 0 saturated carbocycles. The zero-order valence-electron chi connectivity index (χ0n) is 18.6. The van der Waals surface area contributed by atoms with E-state index in [0.29, 0.717) is 5.69 Å². The lowest BCUT2D eigenvalue weighted by atomic mass is 10.0. The van der Waals surface area contributed by atoms with E-state index in [2.05, 4.69) is 34.3 Å². The number of amides is 1. The monoisotopic (exact) mass is 484 g/mol. The first-order valence-electron chi connectivity index (χ1n) is 10.5. The van der Waals surface area contributed by atoms with Crippen LogP contribution in [0.2, 0.25) is 0 Å². The van der Waals surface area contributed by atoms with Crippen LogP contribution >= 0.6 is 11.8 Å². The average Bonchev–Trinajstić information content (AvgIpc) is 2.81. The molecule has 0 aliphatic rings. The van der Waals surface area contributed by atoms with Crippen LogP contribution in [0.25, 0.3) is 0 Å². The molecule has 1 atom stereocenters. The molecule has 0 spiro atoms. The summed E-state index contributed by atoms with van der Waals surface area (Å²) in [5.74, 6) is 0.101. The lowest BCUT2D eigenvalue weighted by Gasteiger charge is -2.17. The Labute approximate surface area is 199 Å². The molecule has 0 aliphatic heterocycles. The number of ether oxygens (including phenoxy) is 1. The minimum Gasteiger partial charge on any atom is -0.383 e. The molecule has 174 valence electrons. The van der Waals surface area contributed by atoms with Crippen LogP contribution in [0.3, 0.4) is 0 Å². The average molecular weight is 485 g/mol. The first-order valence-corrected chi connectivity index (χ1v) is 13.0. The number of carbonyl (C=O) groups is 1. The van der Waals surface area contributed by atoms with E-state index in [1.807, 2.05) is 36.4 Å². The Kier molecular flexibility index (Phi) is 9.08. The quantitative estimate of drug-likeness (QED) is 0.420. The standard InChI is InChI=1S/C25H28N2O4S2/c1-19(17-31-2)27-33(29,30)23-15-13-22(14-16-23)26-24(28)18-32-25(20-9-5-3-6-10-20)21-11-7-4-8-12-21/h3-16,19,25,27H,17-18H2,1-2H3,(H,26,28). The zero-order valence-corrected chi connectivity index (χ0v) is 20.2. The number of hydrogen-bond donors (Lipinski definition) is 2. The van der Waals surface area contributed by atoms with E-state index in [1.54, 1.807) is 30.8 Å². The van der Waals surface area contributed by atoms with Gasteiger partial charge in [0.1, 0.15) is 0 Å². The topological polar surface area (TPSA) is 84.5 Å². The summed E-state index contributed by atoms with van der Waals surface area (Å²) in [5.41, 5.74) is 2.80. The van der Waals surface area contributed by atoms with Crippen molar-refractivity contribution in [1.29, 1.82) is 0 Å². The molecule has 0 saturated heterocycles. The Balaban J connectivity index is 1.62. The second kappa shape index (κ2) is 12.0. The van der Waals surface area contributed by atoms with Crippen molar-refractivity contribution in [1.82, 2.24) is 4.72 Å². The fourth-order valence-electron chi connectivity index (χ4n) is 3.33. The maximum Gasteiger partial charge on any atom is 0.240 e. The maximum absolute atomic E-state index is 12.6. The Morgan fingerprint density at radius 1 is 0.909 bits per heavy atom. The molecule has 0 radical (unpaired) electrons. The molecule has 0 heterocycles. The highest BCUT2D eigenvalue weighted by Gasteiger charge is 2.18. The van der Waals surface area contributed by atoms with E-state index in [-0.39, 0.29) is 34.5 Å². The second-order valence-corrected chi connectivity index (χ2v) is 10.4. The Morgan fingerprint density at radius 3 is 1.97 bits per heavy atom. The first-order chi connectivity index (χ1) is 15.9. The van der Waals surface area contributed by atoms with Crippen molar-refractivity contribution in [2.24, 2.45) is 0 Å². The summed E-state index contributed by atoms with van der Waals surface area (Å²) in [5, 5.41) is 2.88. The van der Waals surface area contributed by atoms with Gasteiger partial charge in [-0.25, -0.2) is 13.1 Å². The number of anilines is 1. The van der Waals surface area contributed by atoms with Crippen molar-refractivity contribution in [2.45, 2.75) is 23.1 Å². The molecular weight excluding hydrogens is 456 g/mol. The van der Waals surface area contributed by atoms with Gasteiger partial charge in [-0.3, -0.25) is 4.79 Å². The van der Waals surface area contributed by atoms with Gasteiger partial charge in [0.05, 0.1) is 22.5 Å². The molecule has 0 fully saturated rings. The number of carbonyl (C=O) groups excluding carboxylic acids is 1. The summed E-state index contributed by atoms with van der Waals surface area (Å²) in [7, 11) is -2.14. The first kappa shape index (κ1) is 25.0. The lowest BCUT2D eigenvalue weighted by Crippen LogP contribution is -2.35. The van der Waals surface area contributed by atoms with Crippen LogP contribution in [-0.4, -0.2) is 39.8 Å².